The highest BCUT2D eigenvalue weighted by atomic mass is 35.5. The van der Waals surface area contributed by atoms with Crippen LogP contribution in [0.25, 0.3) is 11.1 Å². The van der Waals surface area contributed by atoms with Crippen molar-refractivity contribution in [1.82, 2.24) is 9.88 Å². The van der Waals surface area contributed by atoms with Crippen molar-refractivity contribution >= 4 is 35.3 Å². The number of carboxylic acids is 1. The molecule has 0 bridgehead atoms. The predicted molar refractivity (Wildman–Crippen MR) is 122 cm³/mol. The van der Waals surface area contributed by atoms with Crippen molar-refractivity contribution in [1.29, 1.82) is 0 Å². The molecule has 1 aliphatic carbocycles. The first kappa shape index (κ1) is 22.1. The van der Waals surface area contributed by atoms with Crippen molar-refractivity contribution in [2.75, 3.05) is 13.7 Å². The molecule has 4 rings (SSSR count). The number of carbonyl (C=O) groups excluding carboxylic acids is 1. The lowest BCUT2D eigenvalue weighted by Gasteiger charge is -2.25. The minimum Gasteiger partial charge on any atom is -0.480 e. The molecule has 2 aromatic carbocycles. The quantitative estimate of drug-likeness (QED) is 0.496. The van der Waals surface area contributed by atoms with Gasteiger partial charge in [-0.3, -0.25) is 4.90 Å². The van der Waals surface area contributed by atoms with Crippen LogP contribution in [0.1, 0.15) is 22.6 Å². The van der Waals surface area contributed by atoms with Crippen molar-refractivity contribution in [3.8, 4) is 11.1 Å². The zero-order chi connectivity index (χ0) is 22.8. The van der Waals surface area contributed by atoms with Gasteiger partial charge >= 0.3 is 12.1 Å². The lowest BCUT2D eigenvalue weighted by molar-refractivity contribution is -0.142. The molecule has 0 saturated carbocycles. The minimum atomic E-state index is -1.16. The van der Waals surface area contributed by atoms with Gasteiger partial charge in [-0.15, -0.1) is 0 Å². The third-order valence-corrected chi connectivity index (χ3v) is 6.02. The van der Waals surface area contributed by atoms with Gasteiger partial charge < -0.3 is 9.84 Å². The van der Waals surface area contributed by atoms with Gasteiger partial charge in [0.2, 0.25) is 0 Å². The van der Waals surface area contributed by atoms with Crippen LogP contribution < -0.4 is 0 Å². The Hall–Kier alpha value is -3.09. The Morgan fingerprint density at radius 3 is 2.09 bits per heavy atom. The van der Waals surface area contributed by atoms with Crippen molar-refractivity contribution in [2.24, 2.45) is 0 Å². The van der Waals surface area contributed by atoms with Crippen molar-refractivity contribution in [3.05, 3.63) is 87.7 Å². The Morgan fingerprint density at radius 2 is 1.56 bits per heavy atom. The van der Waals surface area contributed by atoms with Gasteiger partial charge in [0.15, 0.2) is 0 Å². The highest BCUT2D eigenvalue weighted by molar-refractivity contribution is 6.32. The van der Waals surface area contributed by atoms with E-state index in [1.807, 2.05) is 48.5 Å². The van der Waals surface area contributed by atoms with Gasteiger partial charge in [0.05, 0.1) is 0 Å². The van der Waals surface area contributed by atoms with E-state index in [1.165, 1.54) is 19.2 Å². The third kappa shape index (κ3) is 4.42. The van der Waals surface area contributed by atoms with Gasteiger partial charge in [-0.05, 0) is 39.9 Å². The number of aliphatic carboxylic acids is 1. The molecule has 8 heteroatoms. The van der Waals surface area contributed by atoms with Crippen LogP contribution in [0.2, 0.25) is 10.3 Å². The molecular weight excluding hydrogens is 451 g/mol. The van der Waals surface area contributed by atoms with E-state index in [1.54, 1.807) is 0 Å². The maximum atomic E-state index is 12.8. The zero-order valence-electron chi connectivity index (χ0n) is 17.2. The van der Waals surface area contributed by atoms with Crippen molar-refractivity contribution < 1.29 is 19.4 Å². The molecule has 164 valence electrons. The Bertz CT molecular complexity index is 1120. The summed E-state index contributed by atoms with van der Waals surface area (Å²) in [5.74, 6) is -1.27. The highest BCUT2D eigenvalue weighted by Gasteiger charge is 2.32. The molecule has 1 atom stereocenters. The Labute approximate surface area is 195 Å². The molecule has 1 N–H and O–H groups in total. The van der Waals surface area contributed by atoms with Gasteiger partial charge in [-0.25, -0.2) is 14.6 Å². The smallest absolute Gasteiger partial charge is 0.410 e. The number of fused-ring (bicyclic) bond motifs is 3. The van der Waals surface area contributed by atoms with E-state index in [0.29, 0.717) is 5.56 Å². The monoisotopic (exact) mass is 470 g/mol. The molecule has 0 unspecified atom stereocenters. The number of carbonyl (C=O) groups is 2. The molecule has 3 aromatic rings. The third-order valence-electron chi connectivity index (χ3n) is 5.63. The number of ether oxygens (including phenoxy) is 1. The maximum Gasteiger partial charge on any atom is 0.410 e. The molecular formula is C24H20Cl2N2O4. The second-order valence-corrected chi connectivity index (χ2v) is 8.37. The standard InChI is InChI=1S/C24H20Cl2N2O4/c1-28(20(23(29)30)10-14-11-21(25)27-22(26)12-14)24(31)32-13-19-17-8-4-2-6-15(17)16-7-3-5-9-18(16)19/h2-9,11-12,19-20H,10,13H2,1H3,(H,29,30)/t20-/m0/s1. The van der Waals surface area contributed by atoms with Crippen LogP contribution in [0.3, 0.4) is 0 Å². The molecule has 0 fully saturated rings. The van der Waals surface area contributed by atoms with Crippen LogP contribution in [0, 0.1) is 0 Å². The topological polar surface area (TPSA) is 79.7 Å². The molecule has 0 spiro atoms. The number of rotatable bonds is 6. The lowest BCUT2D eigenvalue weighted by Crippen LogP contribution is -2.44. The summed E-state index contributed by atoms with van der Waals surface area (Å²) in [6, 6.07) is 17.9. The van der Waals surface area contributed by atoms with E-state index >= 15 is 0 Å². The number of carboxylic acid groups (broad SMARTS) is 1. The lowest BCUT2D eigenvalue weighted by atomic mass is 9.98. The number of aromatic nitrogens is 1. The van der Waals surface area contributed by atoms with Gasteiger partial charge in [0.1, 0.15) is 23.0 Å². The molecule has 1 amide bonds. The molecule has 1 aliphatic rings. The SMILES string of the molecule is CN(C(=O)OCC1c2ccccc2-c2ccccc21)[C@@H](Cc1cc(Cl)nc(Cl)c1)C(=O)O. The summed E-state index contributed by atoms with van der Waals surface area (Å²) in [6.07, 6.45) is -0.705. The molecule has 1 aromatic heterocycles. The van der Waals surface area contributed by atoms with Gasteiger partial charge in [0.25, 0.3) is 0 Å². The molecule has 6 nitrogen and oxygen atoms in total. The summed E-state index contributed by atoms with van der Waals surface area (Å²) in [5.41, 5.74) is 4.96. The van der Waals surface area contributed by atoms with Crippen LogP contribution in [0.4, 0.5) is 4.79 Å². The maximum absolute atomic E-state index is 12.8. The summed E-state index contributed by atoms with van der Waals surface area (Å²) < 4.78 is 5.58. The number of hydrogen-bond acceptors (Lipinski definition) is 4. The number of amides is 1. The fourth-order valence-electron chi connectivity index (χ4n) is 4.07. The molecule has 32 heavy (non-hydrogen) atoms. The number of halogens is 2. The summed E-state index contributed by atoms with van der Waals surface area (Å²) >= 11 is 11.8. The van der Waals surface area contributed by atoms with Gasteiger partial charge in [0, 0.05) is 19.4 Å². The first-order chi connectivity index (χ1) is 15.3. The normalized spacial score (nSPS) is 13.2. The highest BCUT2D eigenvalue weighted by Crippen LogP contribution is 2.44. The van der Waals surface area contributed by atoms with Crippen LogP contribution in [-0.4, -0.2) is 46.7 Å². The molecule has 1 heterocycles. The van der Waals surface area contributed by atoms with Crippen molar-refractivity contribution in [3.63, 3.8) is 0 Å². The Morgan fingerprint density at radius 1 is 1.03 bits per heavy atom. The number of nitrogens with zero attached hydrogens (tertiary/aromatic N) is 2. The van der Waals surface area contributed by atoms with Crippen LogP contribution in [0.15, 0.2) is 60.7 Å². The second-order valence-electron chi connectivity index (χ2n) is 7.59. The molecule has 0 radical (unpaired) electrons. The largest absolute Gasteiger partial charge is 0.480 e. The van der Waals surface area contributed by atoms with Gasteiger partial charge in [-0.2, -0.15) is 0 Å². The summed E-state index contributed by atoms with van der Waals surface area (Å²) in [5, 5.41) is 10.0. The summed E-state index contributed by atoms with van der Waals surface area (Å²) in [6.45, 7) is 0.108. The first-order valence-corrected chi connectivity index (χ1v) is 10.7. The minimum absolute atomic E-state index is 0.0119. The average Bonchev–Trinajstić information content (AvgIpc) is 3.08. The van der Waals surface area contributed by atoms with Crippen LogP contribution in [0.5, 0.6) is 0 Å². The molecule has 0 saturated heterocycles. The second kappa shape index (κ2) is 9.18. The summed E-state index contributed by atoms with van der Waals surface area (Å²) in [7, 11) is 1.40. The number of pyridine rings is 1. The van der Waals surface area contributed by atoms with Crippen molar-refractivity contribution in [2.45, 2.75) is 18.4 Å². The van der Waals surface area contributed by atoms with E-state index in [4.69, 9.17) is 27.9 Å². The van der Waals surface area contributed by atoms with E-state index in [0.717, 1.165) is 27.2 Å². The Kier molecular flexibility index (Phi) is 6.35. The number of likely N-dealkylation sites (N-methyl/N-ethyl adjacent to an activating group) is 1. The average molecular weight is 471 g/mol. The number of benzene rings is 2. The van der Waals surface area contributed by atoms with E-state index in [2.05, 4.69) is 4.98 Å². The number of hydrogen-bond donors (Lipinski definition) is 1. The first-order valence-electron chi connectivity index (χ1n) is 9.97. The molecule has 0 aliphatic heterocycles. The van der Waals surface area contributed by atoms with Gasteiger partial charge in [-0.1, -0.05) is 71.7 Å². The summed E-state index contributed by atoms with van der Waals surface area (Å²) in [4.78, 5) is 29.6. The van der Waals surface area contributed by atoms with Crippen LogP contribution >= 0.6 is 23.2 Å². The Balaban J connectivity index is 1.49. The van der Waals surface area contributed by atoms with E-state index < -0.39 is 18.1 Å². The fourth-order valence-corrected chi connectivity index (χ4v) is 4.57. The van der Waals surface area contributed by atoms with E-state index in [9.17, 15) is 14.7 Å². The predicted octanol–water partition coefficient (Wildman–Crippen LogP) is 5.27. The van der Waals surface area contributed by atoms with E-state index in [-0.39, 0.29) is 29.3 Å². The zero-order valence-corrected chi connectivity index (χ0v) is 18.7. The van der Waals surface area contributed by atoms with Crippen LogP contribution in [-0.2, 0) is 16.0 Å². The fraction of sp³-hybridized carbons (Fsp3) is 0.208.